The molecule has 0 saturated carbocycles. The van der Waals surface area contributed by atoms with Gasteiger partial charge in [0, 0.05) is 18.1 Å². The highest BCUT2D eigenvalue weighted by Crippen LogP contribution is 2.34. The van der Waals surface area contributed by atoms with E-state index < -0.39 is 0 Å². The third-order valence-electron chi connectivity index (χ3n) is 3.84. The SMILES string of the molecule is CCc1ccc(N(C)c2c(N)cnc3ccccc23)cc1. The number of hydrogen-bond donors (Lipinski definition) is 1. The average molecular weight is 277 g/mol. The highest BCUT2D eigenvalue weighted by atomic mass is 15.1. The zero-order chi connectivity index (χ0) is 14.8. The number of rotatable bonds is 3. The van der Waals surface area contributed by atoms with Crippen molar-refractivity contribution in [1.29, 1.82) is 0 Å². The summed E-state index contributed by atoms with van der Waals surface area (Å²) in [7, 11) is 2.04. The highest BCUT2D eigenvalue weighted by Gasteiger charge is 2.12. The van der Waals surface area contributed by atoms with Crippen LogP contribution in [0, 0.1) is 0 Å². The number of para-hydroxylation sites is 1. The summed E-state index contributed by atoms with van der Waals surface area (Å²) in [6.07, 6.45) is 2.78. The molecule has 21 heavy (non-hydrogen) atoms. The fraction of sp³-hybridized carbons (Fsp3) is 0.167. The van der Waals surface area contributed by atoms with Crippen molar-refractivity contribution in [1.82, 2.24) is 4.98 Å². The molecule has 0 atom stereocenters. The lowest BCUT2D eigenvalue weighted by Crippen LogP contribution is -2.12. The van der Waals surface area contributed by atoms with Crippen molar-refractivity contribution in [2.45, 2.75) is 13.3 Å². The molecule has 0 aliphatic carbocycles. The van der Waals surface area contributed by atoms with Crippen LogP contribution in [0.5, 0.6) is 0 Å². The number of fused-ring (bicyclic) bond motifs is 1. The van der Waals surface area contributed by atoms with Crippen LogP contribution in [0.3, 0.4) is 0 Å². The Kier molecular flexibility index (Phi) is 3.48. The van der Waals surface area contributed by atoms with Crippen molar-refractivity contribution in [2.24, 2.45) is 0 Å². The smallest absolute Gasteiger partial charge is 0.0753 e. The Hall–Kier alpha value is -2.55. The first-order chi connectivity index (χ1) is 10.2. The molecule has 0 aliphatic rings. The molecule has 2 N–H and O–H groups in total. The summed E-state index contributed by atoms with van der Waals surface area (Å²) in [5.74, 6) is 0. The van der Waals surface area contributed by atoms with Gasteiger partial charge in [0.15, 0.2) is 0 Å². The van der Waals surface area contributed by atoms with Gasteiger partial charge >= 0.3 is 0 Å². The molecule has 0 fully saturated rings. The van der Waals surface area contributed by atoms with Crippen molar-refractivity contribution >= 4 is 28.0 Å². The van der Waals surface area contributed by atoms with Gasteiger partial charge in [-0.1, -0.05) is 37.3 Å². The zero-order valence-corrected chi connectivity index (χ0v) is 12.4. The van der Waals surface area contributed by atoms with Crippen molar-refractivity contribution in [2.75, 3.05) is 17.7 Å². The number of nitrogens with two attached hydrogens (primary N) is 1. The van der Waals surface area contributed by atoms with E-state index in [-0.39, 0.29) is 0 Å². The number of nitrogens with zero attached hydrogens (tertiary/aromatic N) is 2. The maximum Gasteiger partial charge on any atom is 0.0753 e. The summed E-state index contributed by atoms with van der Waals surface area (Å²) in [6.45, 7) is 2.16. The van der Waals surface area contributed by atoms with Crippen molar-refractivity contribution < 1.29 is 0 Å². The summed E-state index contributed by atoms with van der Waals surface area (Å²) >= 11 is 0. The zero-order valence-electron chi connectivity index (χ0n) is 12.4. The van der Waals surface area contributed by atoms with Crippen LogP contribution in [0.15, 0.2) is 54.7 Å². The van der Waals surface area contributed by atoms with E-state index in [0.717, 1.165) is 28.7 Å². The first kappa shape index (κ1) is 13.4. The summed E-state index contributed by atoms with van der Waals surface area (Å²) in [6, 6.07) is 16.7. The molecule has 1 aromatic heterocycles. The summed E-state index contributed by atoms with van der Waals surface area (Å²) in [5.41, 5.74) is 11.3. The van der Waals surface area contributed by atoms with Gasteiger partial charge in [-0.3, -0.25) is 4.98 Å². The fourth-order valence-electron chi connectivity index (χ4n) is 2.60. The molecule has 0 spiro atoms. The minimum atomic E-state index is 0.691. The molecular weight excluding hydrogens is 258 g/mol. The second kappa shape index (κ2) is 5.44. The van der Waals surface area contributed by atoms with E-state index in [1.165, 1.54) is 5.56 Å². The predicted molar refractivity (Wildman–Crippen MR) is 90.0 cm³/mol. The van der Waals surface area contributed by atoms with Crippen LogP contribution in [0.4, 0.5) is 17.1 Å². The molecule has 3 heteroatoms. The van der Waals surface area contributed by atoms with Gasteiger partial charge in [0.05, 0.1) is 23.1 Å². The Morgan fingerprint density at radius 3 is 2.48 bits per heavy atom. The fourth-order valence-corrected chi connectivity index (χ4v) is 2.60. The quantitative estimate of drug-likeness (QED) is 0.782. The first-order valence-corrected chi connectivity index (χ1v) is 7.16. The van der Waals surface area contributed by atoms with Gasteiger partial charge < -0.3 is 10.6 Å². The van der Waals surface area contributed by atoms with Crippen LogP contribution in [-0.2, 0) is 6.42 Å². The maximum absolute atomic E-state index is 6.18. The van der Waals surface area contributed by atoms with Crippen LogP contribution in [0.2, 0.25) is 0 Å². The predicted octanol–water partition coefficient (Wildman–Crippen LogP) is 4.15. The molecule has 3 nitrogen and oxygen atoms in total. The molecule has 2 aromatic carbocycles. The first-order valence-electron chi connectivity index (χ1n) is 7.16. The van der Waals surface area contributed by atoms with E-state index in [4.69, 9.17) is 5.73 Å². The normalized spacial score (nSPS) is 10.8. The molecular formula is C18H19N3. The Balaban J connectivity index is 2.12. The third kappa shape index (κ3) is 2.42. The standard InChI is InChI=1S/C18H19N3/c1-3-13-8-10-14(11-9-13)21(2)18-15-6-4-5-7-17(15)20-12-16(18)19/h4-12H,3,19H2,1-2H3. The average Bonchev–Trinajstić information content (AvgIpc) is 2.54. The summed E-state index contributed by atoms with van der Waals surface area (Å²) in [4.78, 5) is 6.52. The Morgan fingerprint density at radius 1 is 1.05 bits per heavy atom. The van der Waals surface area contributed by atoms with Gasteiger partial charge in [-0.15, -0.1) is 0 Å². The molecule has 106 valence electrons. The van der Waals surface area contributed by atoms with Crippen LogP contribution in [0.1, 0.15) is 12.5 Å². The van der Waals surface area contributed by atoms with E-state index in [1.807, 2.05) is 25.2 Å². The Morgan fingerprint density at radius 2 is 1.76 bits per heavy atom. The van der Waals surface area contributed by atoms with Gasteiger partial charge in [-0.2, -0.15) is 0 Å². The molecule has 0 bridgehead atoms. The number of nitrogen functional groups attached to an aromatic ring is 1. The van der Waals surface area contributed by atoms with Crippen molar-refractivity contribution in [3.63, 3.8) is 0 Å². The van der Waals surface area contributed by atoms with Crippen LogP contribution < -0.4 is 10.6 Å². The lowest BCUT2D eigenvalue weighted by molar-refractivity contribution is 1.13. The van der Waals surface area contributed by atoms with Gasteiger partial charge in [0.2, 0.25) is 0 Å². The number of hydrogen-bond acceptors (Lipinski definition) is 3. The number of aromatic nitrogens is 1. The van der Waals surface area contributed by atoms with Crippen LogP contribution >= 0.6 is 0 Å². The van der Waals surface area contributed by atoms with Gasteiger partial charge in [-0.05, 0) is 30.2 Å². The van der Waals surface area contributed by atoms with E-state index in [2.05, 4.69) is 47.1 Å². The van der Waals surface area contributed by atoms with Gasteiger partial charge in [-0.25, -0.2) is 0 Å². The monoisotopic (exact) mass is 277 g/mol. The molecule has 3 rings (SSSR count). The second-order valence-electron chi connectivity index (χ2n) is 5.16. The molecule has 1 heterocycles. The minimum Gasteiger partial charge on any atom is -0.396 e. The van der Waals surface area contributed by atoms with E-state index in [9.17, 15) is 0 Å². The number of pyridine rings is 1. The van der Waals surface area contributed by atoms with Crippen molar-refractivity contribution in [3.05, 3.63) is 60.3 Å². The number of aryl methyl sites for hydroxylation is 1. The number of anilines is 3. The van der Waals surface area contributed by atoms with Gasteiger partial charge in [0.1, 0.15) is 0 Å². The topological polar surface area (TPSA) is 42.1 Å². The van der Waals surface area contributed by atoms with E-state index in [1.54, 1.807) is 6.20 Å². The molecule has 0 unspecified atom stereocenters. The van der Waals surface area contributed by atoms with Crippen LogP contribution in [-0.4, -0.2) is 12.0 Å². The van der Waals surface area contributed by atoms with Crippen LogP contribution in [0.25, 0.3) is 10.9 Å². The van der Waals surface area contributed by atoms with E-state index in [0.29, 0.717) is 5.69 Å². The highest BCUT2D eigenvalue weighted by molar-refractivity contribution is 5.99. The summed E-state index contributed by atoms with van der Waals surface area (Å²) in [5, 5.41) is 1.07. The molecule has 0 saturated heterocycles. The second-order valence-corrected chi connectivity index (χ2v) is 5.16. The largest absolute Gasteiger partial charge is 0.396 e. The summed E-state index contributed by atoms with van der Waals surface area (Å²) < 4.78 is 0. The van der Waals surface area contributed by atoms with E-state index >= 15 is 0 Å². The van der Waals surface area contributed by atoms with Crippen molar-refractivity contribution in [3.8, 4) is 0 Å². The molecule has 0 amide bonds. The maximum atomic E-state index is 6.18. The van der Waals surface area contributed by atoms with Gasteiger partial charge in [0.25, 0.3) is 0 Å². The molecule has 0 radical (unpaired) electrons. The third-order valence-corrected chi connectivity index (χ3v) is 3.84. The Bertz CT molecular complexity index is 763. The lowest BCUT2D eigenvalue weighted by atomic mass is 10.1. The minimum absolute atomic E-state index is 0.691. The lowest BCUT2D eigenvalue weighted by Gasteiger charge is -2.23. The molecule has 0 aliphatic heterocycles. The number of benzene rings is 2. The molecule has 3 aromatic rings. The Labute approximate surface area is 125 Å².